The molecule has 0 saturated carbocycles. The minimum absolute atomic E-state index is 0.0439. The van der Waals surface area contributed by atoms with Crippen molar-refractivity contribution < 1.29 is 29.0 Å². The van der Waals surface area contributed by atoms with Crippen LogP contribution in [0.25, 0.3) is 10.9 Å². The number of nitrogens with two attached hydrogens (primary N) is 1. The fourth-order valence-corrected chi connectivity index (χ4v) is 3.05. The van der Waals surface area contributed by atoms with Gasteiger partial charge in [0.05, 0.1) is 23.6 Å². The van der Waals surface area contributed by atoms with Crippen LogP contribution in [0.5, 0.6) is 17.2 Å². The molecule has 1 aromatic heterocycles. The molecular formula is C23H25N3O6. The second-order valence-corrected chi connectivity index (χ2v) is 7.63. The molecule has 168 valence electrons. The van der Waals surface area contributed by atoms with E-state index in [0.717, 1.165) is 16.6 Å². The van der Waals surface area contributed by atoms with E-state index in [1.165, 1.54) is 19.2 Å². The monoisotopic (exact) mass is 439 g/mol. The van der Waals surface area contributed by atoms with E-state index in [-0.39, 0.29) is 24.4 Å². The largest absolute Gasteiger partial charge is 0.508 e. The fourth-order valence-electron chi connectivity index (χ4n) is 3.05. The molecule has 0 aliphatic heterocycles. The van der Waals surface area contributed by atoms with Crippen molar-refractivity contribution in [1.82, 2.24) is 10.3 Å². The lowest BCUT2D eigenvalue weighted by Crippen LogP contribution is -2.47. The number of methoxy groups -OCH3 is 1. The molecule has 0 aliphatic rings. The van der Waals surface area contributed by atoms with E-state index in [2.05, 4.69) is 10.3 Å². The van der Waals surface area contributed by atoms with E-state index in [9.17, 15) is 9.90 Å². The third-order valence-corrected chi connectivity index (χ3v) is 4.38. The Balaban J connectivity index is 0.00000114. The van der Waals surface area contributed by atoms with Crippen LogP contribution in [-0.4, -0.2) is 41.4 Å². The van der Waals surface area contributed by atoms with E-state index in [0.29, 0.717) is 22.7 Å². The van der Waals surface area contributed by atoms with Crippen LogP contribution in [0.4, 0.5) is 5.69 Å². The number of anilines is 1. The maximum absolute atomic E-state index is 12.6. The lowest BCUT2D eigenvalue weighted by atomic mass is 10.1. The van der Waals surface area contributed by atoms with Gasteiger partial charge in [-0.05, 0) is 51.1 Å². The Kier molecular flexibility index (Phi) is 7.76. The average molecular weight is 439 g/mol. The number of nitrogen functional groups attached to an aromatic ring is 1. The topological polar surface area (TPSA) is 141 Å². The van der Waals surface area contributed by atoms with Crippen LogP contribution >= 0.6 is 0 Å². The van der Waals surface area contributed by atoms with E-state index in [4.69, 9.17) is 24.8 Å². The zero-order chi connectivity index (χ0) is 23.9. The molecule has 0 radical (unpaired) electrons. The predicted molar refractivity (Wildman–Crippen MR) is 118 cm³/mol. The number of rotatable bonds is 6. The predicted octanol–water partition coefficient (Wildman–Crippen LogP) is 2.84. The van der Waals surface area contributed by atoms with Gasteiger partial charge in [0.1, 0.15) is 23.9 Å². The molecule has 2 aromatic carbocycles. The van der Waals surface area contributed by atoms with Crippen molar-refractivity contribution in [3.8, 4) is 17.2 Å². The quantitative estimate of drug-likeness (QED) is 0.532. The second kappa shape index (κ2) is 10.3. The van der Waals surface area contributed by atoms with E-state index in [1.54, 1.807) is 12.1 Å². The molecule has 3 rings (SSSR count). The number of ether oxygens (including phenoxy) is 2. The van der Waals surface area contributed by atoms with Crippen LogP contribution in [-0.2, 0) is 9.59 Å². The number of benzene rings is 2. The van der Waals surface area contributed by atoms with Crippen LogP contribution < -0.4 is 20.5 Å². The number of aryl methyl sites for hydroxylation is 1. The van der Waals surface area contributed by atoms with Crippen LogP contribution in [0.1, 0.15) is 29.9 Å². The number of aromatic hydroxyl groups is 1. The lowest BCUT2D eigenvalue weighted by Gasteiger charge is -2.27. The van der Waals surface area contributed by atoms with Gasteiger partial charge in [-0.2, -0.15) is 9.59 Å². The Morgan fingerprint density at radius 2 is 1.91 bits per heavy atom. The highest BCUT2D eigenvalue weighted by Gasteiger charge is 2.23. The van der Waals surface area contributed by atoms with Crippen molar-refractivity contribution in [3.63, 3.8) is 0 Å². The number of carbonyl (C=O) groups is 1. The van der Waals surface area contributed by atoms with Gasteiger partial charge in [-0.15, -0.1) is 0 Å². The molecule has 1 amide bonds. The molecule has 9 heteroatoms. The summed E-state index contributed by atoms with van der Waals surface area (Å²) in [6.07, 6.45) is 0.250. The number of nitrogens with one attached hydrogen (secondary N) is 1. The lowest BCUT2D eigenvalue weighted by molar-refractivity contribution is -0.191. The maximum Gasteiger partial charge on any atom is 0.373 e. The fraction of sp³-hybridized carbons (Fsp3) is 0.261. The molecule has 0 spiro atoms. The van der Waals surface area contributed by atoms with Gasteiger partial charge in [0.2, 0.25) is 0 Å². The van der Waals surface area contributed by atoms with Gasteiger partial charge < -0.3 is 25.6 Å². The van der Waals surface area contributed by atoms with Crippen molar-refractivity contribution in [2.24, 2.45) is 0 Å². The minimum Gasteiger partial charge on any atom is -0.508 e. The first-order valence-corrected chi connectivity index (χ1v) is 9.58. The standard InChI is InChI=1S/C22H25N3O4.CO2/c1-13-8-17(23)20-18(24-13)6-5-7-19(20)29-12-22(2,3)25-21(27)14-9-15(26)11-16(10-14)28-4;2-1-3/h5-11,26H,12H2,1-4H3,(H2,23,24)(H,25,27);. The first-order chi connectivity index (χ1) is 15.1. The zero-order valence-electron chi connectivity index (χ0n) is 18.3. The number of pyridine rings is 1. The van der Waals surface area contributed by atoms with Gasteiger partial charge in [0, 0.05) is 23.0 Å². The molecule has 0 unspecified atom stereocenters. The molecule has 3 aromatic rings. The zero-order valence-corrected chi connectivity index (χ0v) is 18.3. The summed E-state index contributed by atoms with van der Waals surface area (Å²) in [6, 6.07) is 11.7. The molecule has 0 bridgehead atoms. The summed E-state index contributed by atoms with van der Waals surface area (Å²) in [4.78, 5) is 33.4. The maximum atomic E-state index is 12.6. The van der Waals surface area contributed by atoms with Gasteiger partial charge in [0.15, 0.2) is 0 Å². The summed E-state index contributed by atoms with van der Waals surface area (Å²) in [5.41, 5.74) is 7.96. The van der Waals surface area contributed by atoms with Gasteiger partial charge in [-0.1, -0.05) is 6.07 Å². The molecule has 0 fully saturated rings. The number of hydrogen-bond acceptors (Lipinski definition) is 8. The Bertz CT molecular complexity index is 1150. The number of amides is 1. The Morgan fingerprint density at radius 1 is 1.22 bits per heavy atom. The van der Waals surface area contributed by atoms with Crippen LogP contribution in [0.2, 0.25) is 0 Å². The highest BCUT2D eigenvalue weighted by atomic mass is 16.5. The molecule has 0 saturated heterocycles. The van der Waals surface area contributed by atoms with Gasteiger partial charge in [-0.3, -0.25) is 9.78 Å². The summed E-state index contributed by atoms with van der Waals surface area (Å²) in [7, 11) is 1.47. The molecule has 4 N–H and O–H groups in total. The molecule has 1 heterocycles. The van der Waals surface area contributed by atoms with Gasteiger partial charge in [-0.25, -0.2) is 0 Å². The van der Waals surface area contributed by atoms with Crippen LogP contribution in [0.15, 0.2) is 42.5 Å². The van der Waals surface area contributed by atoms with E-state index in [1.807, 2.05) is 39.0 Å². The third kappa shape index (κ3) is 6.20. The SMILES string of the molecule is COc1cc(O)cc(C(=O)NC(C)(C)COc2cccc3nc(C)cc(N)c23)c1.O=C=O. The second-order valence-electron chi connectivity index (χ2n) is 7.63. The van der Waals surface area contributed by atoms with Gasteiger partial charge >= 0.3 is 6.15 Å². The van der Waals surface area contributed by atoms with Crippen molar-refractivity contribution in [3.05, 3.63) is 53.7 Å². The third-order valence-electron chi connectivity index (χ3n) is 4.38. The number of hydrogen-bond donors (Lipinski definition) is 3. The van der Waals surface area contributed by atoms with Crippen LogP contribution in [0.3, 0.4) is 0 Å². The normalized spacial score (nSPS) is 10.5. The minimum atomic E-state index is -0.690. The number of phenols is 1. The van der Waals surface area contributed by atoms with Crippen LogP contribution in [0, 0.1) is 6.92 Å². The first kappa shape index (κ1) is 24.2. The van der Waals surface area contributed by atoms with Crippen molar-refractivity contribution >= 4 is 28.6 Å². The summed E-state index contributed by atoms with van der Waals surface area (Å²) >= 11 is 0. The van der Waals surface area contributed by atoms with Crippen molar-refractivity contribution in [2.45, 2.75) is 26.3 Å². The van der Waals surface area contributed by atoms with E-state index >= 15 is 0 Å². The molecule has 0 atom stereocenters. The van der Waals surface area contributed by atoms with Gasteiger partial charge in [0.25, 0.3) is 5.91 Å². The summed E-state index contributed by atoms with van der Waals surface area (Å²) < 4.78 is 11.1. The Labute approximate surface area is 185 Å². The number of carbonyl (C=O) groups excluding carboxylic acids is 3. The summed E-state index contributed by atoms with van der Waals surface area (Å²) in [5.74, 6) is 0.618. The van der Waals surface area contributed by atoms with Crippen molar-refractivity contribution in [2.75, 3.05) is 19.5 Å². The molecule has 9 nitrogen and oxygen atoms in total. The Morgan fingerprint density at radius 3 is 2.56 bits per heavy atom. The summed E-state index contributed by atoms with van der Waals surface area (Å²) in [5, 5.41) is 13.4. The smallest absolute Gasteiger partial charge is 0.373 e. The van der Waals surface area contributed by atoms with E-state index < -0.39 is 5.54 Å². The Hall–Kier alpha value is -4.10. The number of aromatic nitrogens is 1. The number of fused-ring (bicyclic) bond motifs is 1. The highest BCUT2D eigenvalue weighted by Crippen LogP contribution is 2.30. The number of nitrogens with zero attached hydrogens (tertiary/aromatic N) is 1. The molecular weight excluding hydrogens is 414 g/mol. The summed E-state index contributed by atoms with van der Waals surface area (Å²) in [6.45, 7) is 5.79. The van der Waals surface area contributed by atoms with Crippen molar-refractivity contribution in [1.29, 1.82) is 0 Å². The molecule has 32 heavy (non-hydrogen) atoms. The number of phenolic OH excluding ortho intramolecular Hbond substituents is 1. The highest BCUT2D eigenvalue weighted by molar-refractivity contribution is 5.96. The average Bonchev–Trinajstić information content (AvgIpc) is 2.71. The first-order valence-electron chi connectivity index (χ1n) is 9.58. The molecule has 0 aliphatic carbocycles.